The van der Waals surface area contributed by atoms with E-state index in [-0.39, 0.29) is 17.8 Å². The lowest BCUT2D eigenvalue weighted by Gasteiger charge is -2.34. The second-order valence-electron chi connectivity index (χ2n) is 5.86. The number of rotatable bonds is 1. The van der Waals surface area contributed by atoms with E-state index in [4.69, 9.17) is 4.98 Å². The van der Waals surface area contributed by atoms with Gasteiger partial charge in [0.2, 0.25) is 0 Å². The van der Waals surface area contributed by atoms with E-state index < -0.39 is 0 Å². The molecule has 1 aliphatic carbocycles. The normalized spacial score (nSPS) is 22.2. The van der Waals surface area contributed by atoms with Gasteiger partial charge in [-0.15, -0.1) is 12.4 Å². The van der Waals surface area contributed by atoms with E-state index in [0.717, 1.165) is 19.0 Å². The van der Waals surface area contributed by atoms with Crippen LogP contribution in [0, 0.1) is 0 Å². The van der Waals surface area contributed by atoms with Gasteiger partial charge in [0.15, 0.2) is 0 Å². The third kappa shape index (κ3) is 2.21. The van der Waals surface area contributed by atoms with Gasteiger partial charge >= 0.3 is 0 Å². The first-order valence-electron chi connectivity index (χ1n) is 6.38. The molecule has 2 aliphatic rings. The Kier molecular flexibility index (Phi) is 3.46. The topological polar surface area (TPSA) is 24.9 Å². The molecule has 0 bridgehead atoms. The first-order valence-corrected chi connectivity index (χ1v) is 6.38. The highest BCUT2D eigenvalue weighted by molar-refractivity contribution is 5.85. The van der Waals surface area contributed by atoms with Crippen molar-refractivity contribution in [3.63, 3.8) is 0 Å². The van der Waals surface area contributed by atoms with Crippen LogP contribution in [0.15, 0.2) is 12.1 Å². The first kappa shape index (κ1) is 12.8. The molecule has 1 aromatic heterocycles. The standard InChI is InChI=1S/C14H20N2.ClH/c1-14(2)9-15-8-11-6-7-12(16-13(11)14)10-4-3-5-10;/h6-7,10,15H,3-5,8-9H2,1-2H3;1H. The molecular weight excluding hydrogens is 232 g/mol. The van der Waals surface area contributed by atoms with Gasteiger partial charge in [0.1, 0.15) is 0 Å². The number of halogens is 1. The van der Waals surface area contributed by atoms with Crippen LogP contribution in [0.4, 0.5) is 0 Å². The molecule has 1 aliphatic heterocycles. The van der Waals surface area contributed by atoms with Crippen molar-refractivity contribution >= 4 is 12.4 Å². The Bertz CT molecular complexity index is 411. The third-order valence-corrected chi connectivity index (χ3v) is 4.05. The predicted octanol–water partition coefficient (Wildman–Crippen LogP) is 3.15. The van der Waals surface area contributed by atoms with Gasteiger partial charge in [0, 0.05) is 30.1 Å². The predicted molar refractivity (Wildman–Crippen MR) is 72.8 cm³/mol. The van der Waals surface area contributed by atoms with E-state index in [1.807, 2.05) is 0 Å². The molecule has 1 N–H and O–H groups in total. The Morgan fingerprint density at radius 2 is 2.06 bits per heavy atom. The Labute approximate surface area is 110 Å². The fourth-order valence-corrected chi connectivity index (χ4v) is 2.76. The lowest BCUT2D eigenvalue weighted by molar-refractivity contribution is 0.392. The summed E-state index contributed by atoms with van der Waals surface area (Å²) in [5.74, 6) is 0.746. The van der Waals surface area contributed by atoms with Gasteiger partial charge in [-0.1, -0.05) is 26.3 Å². The molecule has 3 heteroatoms. The highest BCUT2D eigenvalue weighted by Gasteiger charge is 2.30. The minimum atomic E-state index is 0. The van der Waals surface area contributed by atoms with Crippen LogP contribution in [-0.4, -0.2) is 11.5 Å². The summed E-state index contributed by atoms with van der Waals surface area (Å²) in [6, 6.07) is 4.52. The van der Waals surface area contributed by atoms with Crippen molar-refractivity contribution in [2.75, 3.05) is 6.54 Å². The van der Waals surface area contributed by atoms with Crippen LogP contribution in [0.25, 0.3) is 0 Å². The quantitative estimate of drug-likeness (QED) is 0.831. The minimum absolute atomic E-state index is 0. The zero-order valence-corrected chi connectivity index (χ0v) is 11.4. The zero-order valence-electron chi connectivity index (χ0n) is 10.6. The maximum absolute atomic E-state index is 4.95. The first-order chi connectivity index (χ1) is 7.67. The molecule has 0 aromatic carbocycles. The number of aromatic nitrogens is 1. The van der Waals surface area contributed by atoms with Crippen LogP contribution >= 0.6 is 12.4 Å². The fraction of sp³-hybridized carbons (Fsp3) is 0.643. The Morgan fingerprint density at radius 1 is 1.29 bits per heavy atom. The highest BCUT2D eigenvalue weighted by atomic mass is 35.5. The number of pyridine rings is 1. The zero-order chi connectivity index (χ0) is 11.2. The molecule has 0 atom stereocenters. The molecule has 94 valence electrons. The van der Waals surface area contributed by atoms with Crippen LogP contribution < -0.4 is 5.32 Å². The van der Waals surface area contributed by atoms with Gasteiger partial charge in [-0.2, -0.15) is 0 Å². The van der Waals surface area contributed by atoms with Gasteiger partial charge in [0.05, 0.1) is 5.69 Å². The molecule has 0 radical (unpaired) electrons. The van der Waals surface area contributed by atoms with Crippen molar-refractivity contribution in [2.24, 2.45) is 0 Å². The van der Waals surface area contributed by atoms with E-state index >= 15 is 0 Å². The summed E-state index contributed by atoms with van der Waals surface area (Å²) in [6.45, 7) is 6.60. The lowest BCUT2D eigenvalue weighted by atomic mass is 9.80. The van der Waals surface area contributed by atoms with Crippen molar-refractivity contribution < 1.29 is 0 Å². The second-order valence-corrected chi connectivity index (χ2v) is 5.86. The van der Waals surface area contributed by atoms with Crippen molar-refractivity contribution in [3.8, 4) is 0 Å². The van der Waals surface area contributed by atoms with Gasteiger partial charge in [-0.3, -0.25) is 4.98 Å². The molecule has 17 heavy (non-hydrogen) atoms. The molecule has 0 amide bonds. The molecule has 2 nitrogen and oxygen atoms in total. The summed E-state index contributed by atoms with van der Waals surface area (Å²) >= 11 is 0. The molecule has 1 aromatic rings. The van der Waals surface area contributed by atoms with Gasteiger partial charge in [-0.05, 0) is 24.5 Å². The van der Waals surface area contributed by atoms with E-state index in [1.54, 1.807) is 0 Å². The average molecular weight is 253 g/mol. The third-order valence-electron chi connectivity index (χ3n) is 4.05. The molecule has 2 heterocycles. The summed E-state index contributed by atoms with van der Waals surface area (Å²) in [5, 5.41) is 3.47. The van der Waals surface area contributed by atoms with Crippen molar-refractivity contribution in [1.82, 2.24) is 10.3 Å². The van der Waals surface area contributed by atoms with Crippen LogP contribution in [0.1, 0.15) is 56.0 Å². The number of fused-ring (bicyclic) bond motifs is 1. The van der Waals surface area contributed by atoms with Gasteiger partial charge in [0.25, 0.3) is 0 Å². The lowest BCUT2D eigenvalue weighted by Crippen LogP contribution is -2.39. The molecule has 3 rings (SSSR count). The van der Waals surface area contributed by atoms with E-state index in [0.29, 0.717) is 0 Å². The van der Waals surface area contributed by atoms with Crippen molar-refractivity contribution in [2.45, 2.75) is 51.0 Å². The smallest absolute Gasteiger partial charge is 0.0520 e. The van der Waals surface area contributed by atoms with Crippen LogP contribution in [0.3, 0.4) is 0 Å². The molecule has 0 spiro atoms. The molecule has 0 unspecified atom stereocenters. The summed E-state index contributed by atoms with van der Waals surface area (Å²) in [5.41, 5.74) is 4.24. The second kappa shape index (κ2) is 4.58. The maximum atomic E-state index is 4.95. The number of nitrogens with zero attached hydrogens (tertiary/aromatic N) is 1. The molecule has 1 saturated carbocycles. The van der Waals surface area contributed by atoms with E-state index in [9.17, 15) is 0 Å². The molecule has 1 fully saturated rings. The Hall–Kier alpha value is -0.600. The number of hydrogen-bond acceptors (Lipinski definition) is 2. The minimum Gasteiger partial charge on any atom is -0.312 e. The molecular formula is C14H21ClN2. The fourth-order valence-electron chi connectivity index (χ4n) is 2.76. The Morgan fingerprint density at radius 3 is 2.71 bits per heavy atom. The summed E-state index contributed by atoms with van der Waals surface area (Å²) < 4.78 is 0. The van der Waals surface area contributed by atoms with Crippen LogP contribution in [0.5, 0.6) is 0 Å². The Balaban J connectivity index is 0.00000108. The molecule has 0 saturated heterocycles. The maximum Gasteiger partial charge on any atom is 0.0520 e. The number of hydrogen-bond donors (Lipinski definition) is 1. The van der Waals surface area contributed by atoms with Gasteiger partial charge in [-0.25, -0.2) is 0 Å². The van der Waals surface area contributed by atoms with E-state index in [1.165, 1.54) is 36.2 Å². The summed E-state index contributed by atoms with van der Waals surface area (Å²) in [4.78, 5) is 4.95. The number of nitrogens with one attached hydrogen (secondary N) is 1. The van der Waals surface area contributed by atoms with Crippen molar-refractivity contribution in [3.05, 3.63) is 29.1 Å². The summed E-state index contributed by atoms with van der Waals surface area (Å²) in [6.07, 6.45) is 4.06. The SMILES string of the molecule is CC1(C)CNCc2ccc(C3CCC3)nc21.Cl. The monoisotopic (exact) mass is 252 g/mol. The summed E-state index contributed by atoms with van der Waals surface area (Å²) in [7, 11) is 0. The van der Waals surface area contributed by atoms with E-state index in [2.05, 4.69) is 31.3 Å². The van der Waals surface area contributed by atoms with Crippen LogP contribution in [0.2, 0.25) is 0 Å². The van der Waals surface area contributed by atoms with Gasteiger partial charge < -0.3 is 5.32 Å². The average Bonchev–Trinajstić information content (AvgIpc) is 2.16. The largest absolute Gasteiger partial charge is 0.312 e. The highest BCUT2D eigenvalue weighted by Crippen LogP contribution is 2.37. The van der Waals surface area contributed by atoms with Crippen LogP contribution in [-0.2, 0) is 12.0 Å². The van der Waals surface area contributed by atoms with Crippen molar-refractivity contribution in [1.29, 1.82) is 0 Å².